The number of hydrogen-bond acceptors (Lipinski definition) is 8. The third-order valence-corrected chi connectivity index (χ3v) is 7.99. The highest BCUT2D eigenvalue weighted by atomic mass is 16.5. The quantitative estimate of drug-likeness (QED) is 0.123. The van der Waals surface area contributed by atoms with Crippen molar-refractivity contribution in [2.45, 2.75) is 51.6 Å². The van der Waals surface area contributed by atoms with Crippen LogP contribution in [-0.2, 0) is 37.3 Å². The summed E-state index contributed by atoms with van der Waals surface area (Å²) in [4.78, 5) is 27.1. The van der Waals surface area contributed by atoms with E-state index < -0.39 is 12.0 Å². The molecule has 0 heterocycles. The number of carbonyl (C=O) groups is 2. The number of ether oxygens (including phenoxy) is 2. The van der Waals surface area contributed by atoms with Gasteiger partial charge in [-0.2, -0.15) is 0 Å². The van der Waals surface area contributed by atoms with Gasteiger partial charge in [-0.3, -0.25) is 9.59 Å². The molecule has 0 aliphatic carbocycles. The molecule has 47 heavy (non-hydrogen) atoms. The van der Waals surface area contributed by atoms with Gasteiger partial charge in [-0.05, 0) is 77.6 Å². The van der Waals surface area contributed by atoms with E-state index in [1.165, 1.54) is 6.07 Å². The Morgan fingerprint density at radius 1 is 0.851 bits per heavy atom. The average molecular weight is 642 g/mol. The number of amides is 2. The van der Waals surface area contributed by atoms with Crippen LogP contribution in [0.5, 0.6) is 17.2 Å². The number of primary amides is 1. The van der Waals surface area contributed by atoms with Crippen LogP contribution in [0.25, 0.3) is 0 Å². The van der Waals surface area contributed by atoms with Crippen LogP contribution in [0.2, 0.25) is 0 Å². The Kier molecular flexibility index (Phi) is 12.3. The average Bonchev–Trinajstić information content (AvgIpc) is 3.07. The molecule has 0 bridgehead atoms. The lowest BCUT2D eigenvalue weighted by molar-refractivity contribution is -0.131. The van der Waals surface area contributed by atoms with Gasteiger partial charge in [-0.1, -0.05) is 48.5 Å². The molecule has 6 N–H and O–H groups in total. The number of aromatic hydroxyl groups is 1. The zero-order chi connectivity index (χ0) is 33.9. The normalized spacial score (nSPS) is 12.3. The SMILES string of the molecule is COc1ccc(CN(Cc2ccc(C(N)=O)cc2)C(=O)Cc2cccc(C[C@@H](C)NC[C@H](O)c3ccc(O)c(CO)c3)c2)cc1OC. The monoisotopic (exact) mass is 641 g/mol. The van der Waals surface area contributed by atoms with E-state index in [9.17, 15) is 24.9 Å². The van der Waals surface area contributed by atoms with Crippen molar-refractivity contribution < 1.29 is 34.4 Å². The number of carbonyl (C=O) groups excluding carboxylic acids is 2. The molecule has 4 aromatic rings. The maximum atomic E-state index is 13.8. The maximum Gasteiger partial charge on any atom is 0.248 e. The molecule has 0 spiro atoms. The van der Waals surface area contributed by atoms with Crippen LogP contribution in [0.15, 0.2) is 84.9 Å². The first kappa shape index (κ1) is 35.0. The Hall–Kier alpha value is -4.90. The molecular weight excluding hydrogens is 598 g/mol. The Labute approximate surface area is 275 Å². The summed E-state index contributed by atoms with van der Waals surface area (Å²) < 4.78 is 10.8. The number of phenols is 1. The Morgan fingerprint density at radius 2 is 1.53 bits per heavy atom. The molecular formula is C37H43N3O7. The summed E-state index contributed by atoms with van der Waals surface area (Å²) >= 11 is 0. The molecule has 4 aromatic carbocycles. The van der Waals surface area contributed by atoms with Crippen molar-refractivity contribution in [2.24, 2.45) is 5.73 Å². The highest BCUT2D eigenvalue weighted by Crippen LogP contribution is 2.28. The predicted molar refractivity (Wildman–Crippen MR) is 179 cm³/mol. The summed E-state index contributed by atoms with van der Waals surface area (Å²) in [5.74, 6) is 0.586. The van der Waals surface area contributed by atoms with Crippen molar-refractivity contribution in [3.8, 4) is 17.2 Å². The minimum Gasteiger partial charge on any atom is -0.508 e. The van der Waals surface area contributed by atoms with E-state index in [4.69, 9.17) is 15.2 Å². The van der Waals surface area contributed by atoms with E-state index in [0.29, 0.717) is 54.2 Å². The molecule has 2 atom stereocenters. The fourth-order valence-electron chi connectivity index (χ4n) is 5.38. The van der Waals surface area contributed by atoms with Crippen LogP contribution in [0.1, 0.15) is 56.8 Å². The molecule has 0 fully saturated rings. The highest BCUT2D eigenvalue weighted by Gasteiger charge is 2.18. The van der Waals surface area contributed by atoms with Crippen molar-refractivity contribution in [2.75, 3.05) is 20.8 Å². The standard InChI is InChI=1S/C37H43N3O7/c1-24(39-20-33(43)30-12-13-32(42)31(19-30)23-41)15-26-5-4-6-27(16-26)18-36(44)40(21-25-7-10-29(11-8-25)37(38)45)22-28-9-14-34(46-2)35(17-28)47-3/h4-14,16-17,19,24,33,39,41-43H,15,18,20-23H2,1-3H3,(H2,38,45)/t24-,33+/m1/s1. The number of benzene rings is 4. The molecule has 248 valence electrons. The number of nitrogens with one attached hydrogen (secondary N) is 1. The summed E-state index contributed by atoms with van der Waals surface area (Å²) in [5.41, 5.74) is 10.4. The van der Waals surface area contributed by atoms with Gasteiger partial charge < -0.3 is 40.7 Å². The van der Waals surface area contributed by atoms with Crippen LogP contribution >= 0.6 is 0 Å². The fraction of sp³-hybridized carbons (Fsp3) is 0.297. The number of methoxy groups -OCH3 is 2. The number of nitrogens with two attached hydrogens (primary N) is 1. The predicted octanol–water partition coefficient (Wildman–Crippen LogP) is 4.03. The largest absolute Gasteiger partial charge is 0.508 e. The summed E-state index contributed by atoms with van der Waals surface area (Å²) in [6.45, 7) is 2.67. The van der Waals surface area contributed by atoms with Crippen molar-refractivity contribution in [3.05, 3.63) is 124 Å². The first-order valence-electron chi connectivity index (χ1n) is 15.4. The smallest absolute Gasteiger partial charge is 0.248 e. The second-order valence-electron chi connectivity index (χ2n) is 11.6. The van der Waals surface area contributed by atoms with E-state index >= 15 is 0 Å². The summed E-state index contributed by atoms with van der Waals surface area (Å²) in [6.07, 6.45) is 0.0546. The Bertz CT molecular complexity index is 1660. The van der Waals surface area contributed by atoms with E-state index in [0.717, 1.165) is 22.3 Å². The zero-order valence-corrected chi connectivity index (χ0v) is 27.0. The maximum absolute atomic E-state index is 13.8. The third-order valence-electron chi connectivity index (χ3n) is 7.99. The lowest BCUT2D eigenvalue weighted by atomic mass is 10.0. The van der Waals surface area contributed by atoms with Crippen LogP contribution < -0.4 is 20.5 Å². The van der Waals surface area contributed by atoms with E-state index in [1.807, 2.05) is 49.4 Å². The van der Waals surface area contributed by atoms with Gasteiger partial charge in [-0.25, -0.2) is 0 Å². The van der Waals surface area contributed by atoms with E-state index in [1.54, 1.807) is 55.5 Å². The molecule has 0 radical (unpaired) electrons. The van der Waals surface area contributed by atoms with Crippen LogP contribution in [0.4, 0.5) is 0 Å². The molecule has 0 unspecified atom stereocenters. The van der Waals surface area contributed by atoms with Gasteiger partial charge >= 0.3 is 0 Å². The topological polar surface area (TPSA) is 155 Å². The fourth-order valence-corrected chi connectivity index (χ4v) is 5.38. The summed E-state index contributed by atoms with van der Waals surface area (Å²) in [5, 5.41) is 33.2. The van der Waals surface area contributed by atoms with Gasteiger partial charge in [0.25, 0.3) is 0 Å². The van der Waals surface area contributed by atoms with Gasteiger partial charge in [0, 0.05) is 36.8 Å². The Balaban J connectivity index is 1.43. The Morgan fingerprint density at radius 3 is 2.21 bits per heavy atom. The molecule has 0 aromatic heterocycles. The molecule has 0 aliphatic rings. The minimum atomic E-state index is -0.809. The third kappa shape index (κ3) is 9.79. The molecule has 10 nitrogen and oxygen atoms in total. The first-order valence-corrected chi connectivity index (χ1v) is 15.4. The molecule has 4 rings (SSSR count). The van der Waals surface area contributed by atoms with Gasteiger partial charge in [0.15, 0.2) is 11.5 Å². The zero-order valence-electron chi connectivity index (χ0n) is 27.0. The van der Waals surface area contributed by atoms with Crippen molar-refractivity contribution >= 4 is 11.8 Å². The number of aliphatic hydroxyl groups excluding tert-OH is 2. The van der Waals surface area contributed by atoms with E-state index in [2.05, 4.69) is 5.32 Å². The number of aliphatic hydroxyl groups is 2. The first-order chi connectivity index (χ1) is 22.6. The molecule has 0 saturated carbocycles. The minimum absolute atomic E-state index is 0.00826. The number of hydrogen-bond donors (Lipinski definition) is 5. The van der Waals surface area contributed by atoms with Gasteiger partial charge in [-0.15, -0.1) is 0 Å². The van der Waals surface area contributed by atoms with E-state index in [-0.39, 0.29) is 30.7 Å². The lowest BCUT2D eigenvalue weighted by Crippen LogP contribution is -2.32. The highest BCUT2D eigenvalue weighted by molar-refractivity contribution is 5.92. The summed E-state index contributed by atoms with van der Waals surface area (Å²) in [7, 11) is 3.14. The van der Waals surface area contributed by atoms with Gasteiger partial charge in [0.2, 0.25) is 11.8 Å². The summed E-state index contributed by atoms with van der Waals surface area (Å²) in [6, 6.07) is 25.1. The molecule has 10 heteroatoms. The van der Waals surface area contributed by atoms with Crippen LogP contribution in [0, 0.1) is 0 Å². The van der Waals surface area contributed by atoms with Crippen LogP contribution in [-0.4, -0.2) is 58.8 Å². The van der Waals surface area contributed by atoms with Gasteiger partial charge in [0.05, 0.1) is 33.4 Å². The van der Waals surface area contributed by atoms with Gasteiger partial charge in [0.1, 0.15) is 5.75 Å². The van der Waals surface area contributed by atoms with Crippen LogP contribution in [0.3, 0.4) is 0 Å². The molecule has 0 aliphatic heterocycles. The van der Waals surface area contributed by atoms with Crippen molar-refractivity contribution in [3.63, 3.8) is 0 Å². The number of rotatable bonds is 16. The lowest BCUT2D eigenvalue weighted by Gasteiger charge is -2.24. The molecule has 0 saturated heterocycles. The van der Waals surface area contributed by atoms with Crippen molar-refractivity contribution in [1.82, 2.24) is 10.2 Å². The van der Waals surface area contributed by atoms with Crippen molar-refractivity contribution in [1.29, 1.82) is 0 Å². The number of nitrogens with zero attached hydrogens (tertiary/aromatic N) is 1. The second-order valence-corrected chi connectivity index (χ2v) is 11.6. The molecule has 2 amide bonds. The second kappa shape index (κ2) is 16.6.